The summed E-state index contributed by atoms with van der Waals surface area (Å²) in [4.78, 5) is 17.1. The summed E-state index contributed by atoms with van der Waals surface area (Å²) in [5.74, 6) is 2.57. The first-order valence-electron chi connectivity index (χ1n) is 8.93. The molecule has 136 valence electrons. The summed E-state index contributed by atoms with van der Waals surface area (Å²) in [6.07, 6.45) is 6.15. The monoisotopic (exact) mass is 365 g/mol. The van der Waals surface area contributed by atoms with Gasteiger partial charge in [-0.25, -0.2) is 0 Å². The highest BCUT2D eigenvalue weighted by atomic mass is 35.5. The van der Waals surface area contributed by atoms with Crippen LogP contribution in [-0.2, 0) is 4.79 Å². The number of amides is 1. The van der Waals surface area contributed by atoms with Crippen LogP contribution in [0.4, 0.5) is 0 Å². The van der Waals surface area contributed by atoms with Gasteiger partial charge in [0.15, 0.2) is 0 Å². The topological polar surface area (TPSA) is 35.6 Å². The van der Waals surface area contributed by atoms with Gasteiger partial charge in [0.05, 0.1) is 0 Å². The van der Waals surface area contributed by atoms with Gasteiger partial charge < -0.3 is 10.2 Å². The van der Waals surface area contributed by atoms with Crippen molar-refractivity contribution in [1.29, 1.82) is 0 Å². The molecule has 0 spiro atoms. The van der Waals surface area contributed by atoms with Crippen molar-refractivity contribution in [2.75, 3.05) is 45.8 Å². The van der Waals surface area contributed by atoms with Crippen molar-refractivity contribution < 1.29 is 4.79 Å². The molecule has 2 saturated heterocycles. The number of carbonyl (C=O) groups excluding carboxylic acids is 1. The molecule has 0 aromatic rings. The molecular weight excluding hydrogens is 333 g/mol. The Morgan fingerprint density at radius 2 is 1.83 bits per heavy atom. The van der Waals surface area contributed by atoms with Gasteiger partial charge in [-0.3, -0.25) is 9.69 Å². The van der Waals surface area contributed by atoms with Crippen molar-refractivity contribution in [1.82, 2.24) is 15.1 Å². The van der Waals surface area contributed by atoms with Crippen LogP contribution in [-0.4, -0.2) is 61.5 Å². The van der Waals surface area contributed by atoms with Crippen LogP contribution in [0.15, 0.2) is 0 Å². The van der Waals surface area contributed by atoms with Crippen molar-refractivity contribution in [3.05, 3.63) is 0 Å². The van der Waals surface area contributed by atoms with E-state index in [1.807, 2.05) is 0 Å². The minimum absolute atomic E-state index is 0. The number of nitrogens with one attached hydrogen (secondary N) is 1. The van der Waals surface area contributed by atoms with Gasteiger partial charge >= 0.3 is 0 Å². The second-order valence-electron chi connectivity index (χ2n) is 7.41. The molecule has 3 rings (SSSR count). The standard InChI is InChI=1S/C17H31N3O.2ClH/c1-14(16-3-2-6-18-12-16)11-17(21)20-9-7-19(8-10-20)13-15-4-5-15;;/h14-16,18H,2-13H2,1H3;2*1H. The lowest BCUT2D eigenvalue weighted by molar-refractivity contribution is -0.134. The molecule has 2 unspecified atom stereocenters. The first-order valence-corrected chi connectivity index (χ1v) is 8.93. The van der Waals surface area contributed by atoms with Crippen molar-refractivity contribution in [2.24, 2.45) is 17.8 Å². The van der Waals surface area contributed by atoms with E-state index in [-0.39, 0.29) is 24.8 Å². The Kier molecular flexibility index (Phi) is 9.20. The van der Waals surface area contributed by atoms with Crippen molar-refractivity contribution in [3.8, 4) is 0 Å². The van der Waals surface area contributed by atoms with Gasteiger partial charge in [0.2, 0.25) is 5.91 Å². The van der Waals surface area contributed by atoms with E-state index in [1.165, 1.54) is 32.2 Å². The largest absolute Gasteiger partial charge is 0.340 e. The number of nitrogens with zero attached hydrogens (tertiary/aromatic N) is 2. The van der Waals surface area contributed by atoms with Gasteiger partial charge in [0.25, 0.3) is 0 Å². The molecule has 2 atom stereocenters. The second-order valence-corrected chi connectivity index (χ2v) is 7.41. The molecule has 1 saturated carbocycles. The van der Waals surface area contributed by atoms with Crippen LogP contribution < -0.4 is 5.32 Å². The molecule has 0 aromatic heterocycles. The second kappa shape index (κ2) is 10.1. The first kappa shape index (κ1) is 21.0. The highest BCUT2D eigenvalue weighted by Gasteiger charge is 2.29. The molecule has 23 heavy (non-hydrogen) atoms. The van der Waals surface area contributed by atoms with Gasteiger partial charge in [0.1, 0.15) is 0 Å². The quantitative estimate of drug-likeness (QED) is 0.812. The van der Waals surface area contributed by atoms with Crippen molar-refractivity contribution >= 4 is 30.7 Å². The van der Waals surface area contributed by atoms with Crippen LogP contribution in [0.2, 0.25) is 0 Å². The van der Waals surface area contributed by atoms with E-state index in [1.54, 1.807) is 0 Å². The zero-order chi connectivity index (χ0) is 14.7. The fraction of sp³-hybridized carbons (Fsp3) is 0.941. The number of hydrogen-bond donors (Lipinski definition) is 1. The molecular formula is C17H33Cl2N3O. The minimum atomic E-state index is 0. The van der Waals surface area contributed by atoms with Crippen molar-refractivity contribution in [3.63, 3.8) is 0 Å². The predicted octanol–water partition coefficient (Wildman–Crippen LogP) is 2.41. The molecule has 0 aromatic carbocycles. The highest BCUT2D eigenvalue weighted by Crippen LogP contribution is 2.30. The maximum atomic E-state index is 12.5. The summed E-state index contributed by atoms with van der Waals surface area (Å²) in [5, 5.41) is 3.47. The first-order chi connectivity index (χ1) is 10.2. The highest BCUT2D eigenvalue weighted by molar-refractivity contribution is 5.85. The lowest BCUT2D eigenvalue weighted by Gasteiger charge is -2.36. The van der Waals surface area contributed by atoms with Crippen LogP contribution in [0.5, 0.6) is 0 Å². The van der Waals surface area contributed by atoms with Gasteiger partial charge in [0, 0.05) is 39.1 Å². The van der Waals surface area contributed by atoms with Gasteiger partial charge in [-0.15, -0.1) is 24.8 Å². The fourth-order valence-corrected chi connectivity index (χ4v) is 3.78. The molecule has 1 aliphatic carbocycles. The van der Waals surface area contributed by atoms with Gasteiger partial charge in [-0.1, -0.05) is 6.92 Å². The zero-order valence-electron chi connectivity index (χ0n) is 14.3. The third-order valence-electron chi connectivity index (χ3n) is 5.57. The van der Waals surface area contributed by atoms with Crippen LogP contribution >= 0.6 is 24.8 Å². The Bertz CT molecular complexity index is 352. The molecule has 0 bridgehead atoms. The number of halogens is 2. The van der Waals surface area contributed by atoms with E-state index in [0.29, 0.717) is 17.7 Å². The number of rotatable bonds is 5. The van der Waals surface area contributed by atoms with Crippen molar-refractivity contribution in [2.45, 2.75) is 39.0 Å². The Labute approximate surface area is 153 Å². The summed E-state index contributed by atoms with van der Waals surface area (Å²) < 4.78 is 0. The van der Waals surface area contributed by atoms with E-state index in [2.05, 4.69) is 22.0 Å². The van der Waals surface area contributed by atoms with Crippen LogP contribution in [0.1, 0.15) is 39.0 Å². The normalized spacial score (nSPS) is 26.8. The lowest BCUT2D eigenvalue weighted by Crippen LogP contribution is -2.49. The van der Waals surface area contributed by atoms with E-state index in [9.17, 15) is 4.79 Å². The predicted molar refractivity (Wildman–Crippen MR) is 99.6 cm³/mol. The maximum Gasteiger partial charge on any atom is 0.222 e. The van der Waals surface area contributed by atoms with E-state index in [4.69, 9.17) is 0 Å². The average molecular weight is 366 g/mol. The molecule has 4 nitrogen and oxygen atoms in total. The molecule has 2 aliphatic heterocycles. The molecule has 1 N–H and O–H groups in total. The van der Waals surface area contributed by atoms with Gasteiger partial charge in [-0.2, -0.15) is 0 Å². The smallest absolute Gasteiger partial charge is 0.222 e. The lowest BCUT2D eigenvalue weighted by atomic mass is 9.85. The molecule has 0 radical (unpaired) electrons. The zero-order valence-corrected chi connectivity index (χ0v) is 16.0. The summed E-state index contributed by atoms with van der Waals surface area (Å²) >= 11 is 0. The number of hydrogen-bond acceptors (Lipinski definition) is 3. The molecule has 1 amide bonds. The molecule has 3 aliphatic rings. The van der Waals surface area contributed by atoms with E-state index < -0.39 is 0 Å². The third-order valence-corrected chi connectivity index (χ3v) is 5.57. The number of piperidine rings is 1. The molecule has 2 heterocycles. The summed E-state index contributed by atoms with van der Waals surface area (Å²) in [7, 11) is 0. The Morgan fingerprint density at radius 1 is 1.13 bits per heavy atom. The fourth-order valence-electron chi connectivity index (χ4n) is 3.78. The maximum absolute atomic E-state index is 12.5. The summed E-state index contributed by atoms with van der Waals surface area (Å²) in [6.45, 7) is 9.85. The minimum Gasteiger partial charge on any atom is -0.340 e. The number of piperazine rings is 1. The summed E-state index contributed by atoms with van der Waals surface area (Å²) in [6, 6.07) is 0. The van der Waals surface area contributed by atoms with Gasteiger partial charge in [-0.05, 0) is 56.5 Å². The molecule has 3 fully saturated rings. The number of carbonyl (C=O) groups is 1. The molecule has 6 heteroatoms. The Hall–Kier alpha value is -0.0300. The SMILES string of the molecule is CC(CC(=O)N1CCN(CC2CC2)CC1)C1CCCNC1.Cl.Cl. The van der Waals surface area contributed by atoms with E-state index >= 15 is 0 Å². The van der Waals surface area contributed by atoms with Crippen LogP contribution in [0, 0.1) is 17.8 Å². The van der Waals surface area contributed by atoms with Crippen LogP contribution in [0.3, 0.4) is 0 Å². The third kappa shape index (κ3) is 6.41. The average Bonchev–Trinajstić information content (AvgIpc) is 3.33. The Balaban J connectivity index is 0.00000132. The van der Waals surface area contributed by atoms with Crippen LogP contribution in [0.25, 0.3) is 0 Å². The summed E-state index contributed by atoms with van der Waals surface area (Å²) in [5.41, 5.74) is 0. The van der Waals surface area contributed by atoms with E-state index in [0.717, 1.165) is 51.6 Å². The Morgan fingerprint density at radius 3 is 2.39 bits per heavy atom.